The molecule has 7 heteroatoms. The topological polar surface area (TPSA) is 92.8 Å². The minimum Gasteiger partial charge on any atom is -0.452 e. The second-order valence-corrected chi connectivity index (χ2v) is 7.63. The Morgan fingerprint density at radius 1 is 1.16 bits per heavy atom. The van der Waals surface area contributed by atoms with Crippen LogP contribution in [0.5, 0.6) is 0 Å². The lowest BCUT2D eigenvalue weighted by Crippen LogP contribution is -2.33. The van der Waals surface area contributed by atoms with Crippen LogP contribution in [0.25, 0.3) is 0 Å². The van der Waals surface area contributed by atoms with Gasteiger partial charge in [-0.1, -0.05) is 31.2 Å². The van der Waals surface area contributed by atoms with Crippen molar-refractivity contribution in [1.82, 2.24) is 0 Å². The third-order valence-electron chi connectivity index (χ3n) is 5.31. The number of rotatable bonds is 7. The Labute approximate surface area is 181 Å². The summed E-state index contributed by atoms with van der Waals surface area (Å²) in [6.07, 6.45) is -0.0904. The van der Waals surface area contributed by atoms with E-state index in [4.69, 9.17) is 4.74 Å². The van der Waals surface area contributed by atoms with Gasteiger partial charge in [0.15, 0.2) is 11.9 Å². The van der Waals surface area contributed by atoms with Crippen molar-refractivity contribution in [2.45, 2.75) is 39.7 Å². The Balaban J connectivity index is 1.57. The first-order chi connectivity index (χ1) is 14.8. The molecule has 1 aliphatic rings. The molecule has 1 N–H and O–H groups in total. The number of ether oxygens (including phenoxy) is 1. The molecule has 2 amide bonds. The number of ketones is 1. The summed E-state index contributed by atoms with van der Waals surface area (Å²) in [6.45, 7) is 5.19. The summed E-state index contributed by atoms with van der Waals surface area (Å²) in [5, 5.41) is 2.64. The minimum absolute atomic E-state index is 0.0450. The number of esters is 1. The van der Waals surface area contributed by atoms with Gasteiger partial charge in [-0.3, -0.25) is 19.2 Å². The molecule has 0 aromatic heterocycles. The highest BCUT2D eigenvalue weighted by Gasteiger charge is 2.37. The summed E-state index contributed by atoms with van der Waals surface area (Å²) in [5.74, 6) is -1.99. The van der Waals surface area contributed by atoms with Gasteiger partial charge in [-0.25, -0.2) is 0 Å². The second kappa shape index (κ2) is 9.55. The summed E-state index contributed by atoms with van der Waals surface area (Å²) in [6, 6.07) is 14.2. The van der Waals surface area contributed by atoms with Crippen molar-refractivity contribution in [2.75, 3.05) is 16.8 Å². The Kier molecular flexibility index (Phi) is 6.84. The van der Waals surface area contributed by atoms with Crippen molar-refractivity contribution < 1.29 is 23.9 Å². The van der Waals surface area contributed by atoms with Gasteiger partial charge >= 0.3 is 5.97 Å². The SMILES string of the molecule is CCc1ccc(N2C[C@H](C(=O)O[C@@H](C)C(=O)Nc3cccc(C(C)=O)c3)CC2=O)cc1. The molecule has 0 unspecified atom stereocenters. The molecule has 3 rings (SSSR count). The highest BCUT2D eigenvalue weighted by atomic mass is 16.5. The van der Waals surface area contributed by atoms with E-state index in [1.807, 2.05) is 24.3 Å². The number of amides is 2. The zero-order valence-electron chi connectivity index (χ0n) is 17.9. The average molecular weight is 422 g/mol. The number of carbonyl (C=O) groups excluding carboxylic acids is 4. The van der Waals surface area contributed by atoms with Crippen molar-refractivity contribution >= 4 is 34.9 Å². The van der Waals surface area contributed by atoms with E-state index in [1.165, 1.54) is 19.4 Å². The zero-order valence-corrected chi connectivity index (χ0v) is 17.9. The van der Waals surface area contributed by atoms with E-state index in [1.54, 1.807) is 29.2 Å². The molecule has 1 aliphatic heterocycles. The highest BCUT2D eigenvalue weighted by Crippen LogP contribution is 2.26. The summed E-state index contributed by atoms with van der Waals surface area (Å²) in [4.78, 5) is 50.4. The Hall–Kier alpha value is -3.48. The first kappa shape index (κ1) is 22.2. The Bertz CT molecular complexity index is 999. The number of hydrogen-bond acceptors (Lipinski definition) is 5. The predicted molar refractivity (Wildman–Crippen MR) is 117 cm³/mol. The quantitative estimate of drug-likeness (QED) is 0.545. The van der Waals surface area contributed by atoms with Gasteiger partial charge in [-0.05, 0) is 50.1 Å². The maximum Gasteiger partial charge on any atom is 0.312 e. The fourth-order valence-electron chi connectivity index (χ4n) is 3.41. The molecule has 0 bridgehead atoms. The fourth-order valence-corrected chi connectivity index (χ4v) is 3.41. The van der Waals surface area contributed by atoms with E-state index in [0.29, 0.717) is 11.3 Å². The van der Waals surface area contributed by atoms with Gasteiger partial charge in [0, 0.05) is 29.9 Å². The zero-order chi connectivity index (χ0) is 22.5. The smallest absolute Gasteiger partial charge is 0.312 e. The van der Waals surface area contributed by atoms with Gasteiger partial charge in [-0.2, -0.15) is 0 Å². The number of hydrogen-bond donors (Lipinski definition) is 1. The van der Waals surface area contributed by atoms with Gasteiger partial charge in [0.2, 0.25) is 5.91 Å². The van der Waals surface area contributed by atoms with Gasteiger partial charge in [0.1, 0.15) is 0 Å². The van der Waals surface area contributed by atoms with Crippen LogP contribution >= 0.6 is 0 Å². The van der Waals surface area contributed by atoms with Crippen molar-refractivity contribution in [3.63, 3.8) is 0 Å². The first-order valence-electron chi connectivity index (χ1n) is 10.3. The van der Waals surface area contributed by atoms with Crippen LogP contribution in [-0.4, -0.2) is 36.2 Å². The number of aryl methyl sites for hydroxylation is 1. The van der Waals surface area contributed by atoms with Crippen molar-refractivity contribution in [3.05, 3.63) is 59.7 Å². The third-order valence-corrected chi connectivity index (χ3v) is 5.31. The van der Waals surface area contributed by atoms with Crippen molar-refractivity contribution in [2.24, 2.45) is 5.92 Å². The Morgan fingerprint density at radius 3 is 2.52 bits per heavy atom. The number of nitrogens with one attached hydrogen (secondary N) is 1. The van der Waals surface area contributed by atoms with Crippen LogP contribution in [0.3, 0.4) is 0 Å². The molecule has 0 spiro atoms. The monoisotopic (exact) mass is 422 g/mol. The lowest BCUT2D eigenvalue weighted by atomic mass is 10.1. The number of carbonyl (C=O) groups is 4. The van der Waals surface area contributed by atoms with Crippen molar-refractivity contribution in [1.29, 1.82) is 0 Å². The van der Waals surface area contributed by atoms with E-state index < -0.39 is 23.9 Å². The molecule has 2 atom stereocenters. The van der Waals surface area contributed by atoms with E-state index in [-0.39, 0.29) is 24.7 Å². The molecule has 0 aliphatic carbocycles. The maximum atomic E-state index is 12.6. The standard InChI is InChI=1S/C24H26N2O5/c1-4-17-8-10-21(11-9-17)26-14-19(13-22(26)28)24(30)31-16(3)23(29)25-20-7-5-6-18(12-20)15(2)27/h5-12,16,19H,4,13-14H2,1-3H3,(H,25,29)/t16-,19+/m0/s1. The average Bonchev–Trinajstić information content (AvgIpc) is 3.15. The number of Topliss-reactive ketones (excluding diaryl/α,β-unsaturated/α-hetero) is 1. The van der Waals surface area contributed by atoms with Crippen LogP contribution < -0.4 is 10.2 Å². The molecule has 1 saturated heterocycles. The van der Waals surface area contributed by atoms with Crippen LogP contribution in [0.4, 0.5) is 11.4 Å². The minimum atomic E-state index is -1.04. The molecular weight excluding hydrogens is 396 g/mol. The van der Waals surface area contributed by atoms with E-state index in [9.17, 15) is 19.2 Å². The van der Waals surface area contributed by atoms with Crippen LogP contribution in [0.2, 0.25) is 0 Å². The molecule has 2 aromatic carbocycles. The summed E-state index contributed by atoms with van der Waals surface area (Å²) in [5.41, 5.74) is 2.82. The van der Waals surface area contributed by atoms with Crippen LogP contribution in [-0.2, 0) is 25.5 Å². The van der Waals surface area contributed by atoms with Crippen molar-refractivity contribution in [3.8, 4) is 0 Å². The molecule has 31 heavy (non-hydrogen) atoms. The summed E-state index contributed by atoms with van der Waals surface area (Å²) >= 11 is 0. The van der Waals surface area contributed by atoms with Gasteiger partial charge in [0.05, 0.1) is 5.92 Å². The van der Waals surface area contributed by atoms with Crippen LogP contribution in [0.1, 0.15) is 43.1 Å². The molecular formula is C24H26N2O5. The van der Waals surface area contributed by atoms with Gasteiger partial charge in [0.25, 0.3) is 5.91 Å². The molecule has 1 fully saturated rings. The molecule has 0 saturated carbocycles. The lowest BCUT2D eigenvalue weighted by molar-refractivity contribution is -0.157. The maximum absolute atomic E-state index is 12.6. The summed E-state index contributed by atoms with van der Waals surface area (Å²) in [7, 11) is 0. The summed E-state index contributed by atoms with van der Waals surface area (Å²) < 4.78 is 5.32. The third kappa shape index (κ3) is 5.36. The van der Waals surface area contributed by atoms with Crippen LogP contribution in [0, 0.1) is 5.92 Å². The molecule has 0 radical (unpaired) electrons. The molecule has 2 aromatic rings. The highest BCUT2D eigenvalue weighted by molar-refractivity contribution is 6.01. The lowest BCUT2D eigenvalue weighted by Gasteiger charge is -2.18. The molecule has 7 nitrogen and oxygen atoms in total. The predicted octanol–water partition coefficient (Wildman–Crippen LogP) is 3.37. The number of benzene rings is 2. The Morgan fingerprint density at radius 2 is 1.87 bits per heavy atom. The fraction of sp³-hybridized carbons (Fsp3) is 0.333. The van der Waals surface area contributed by atoms with Gasteiger partial charge in [-0.15, -0.1) is 0 Å². The van der Waals surface area contributed by atoms with E-state index >= 15 is 0 Å². The molecule has 1 heterocycles. The van der Waals surface area contributed by atoms with Gasteiger partial charge < -0.3 is 15.0 Å². The molecule has 162 valence electrons. The van der Waals surface area contributed by atoms with Crippen LogP contribution in [0.15, 0.2) is 48.5 Å². The largest absolute Gasteiger partial charge is 0.452 e. The van der Waals surface area contributed by atoms with E-state index in [0.717, 1.165) is 12.1 Å². The number of anilines is 2. The second-order valence-electron chi connectivity index (χ2n) is 7.63. The normalized spacial score (nSPS) is 16.7. The first-order valence-corrected chi connectivity index (χ1v) is 10.3. The van der Waals surface area contributed by atoms with E-state index in [2.05, 4.69) is 12.2 Å². The number of nitrogens with zero attached hydrogens (tertiary/aromatic N) is 1.